The smallest absolute Gasteiger partial charge is 0.345 e. The fourth-order valence-corrected chi connectivity index (χ4v) is 2.94. The average molecular weight is 339 g/mol. The van der Waals surface area contributed by atoms with Crippen LogP contribution in [0.4, 0.5) is 13.2 Å². The summed E-state index contributed by atoms with van der Waals surface area (Å²) < 4.78 is 39.4. The van der Waals surface area contributed by atoms with Crippen LogP contribution in [0.3, 0.4) is 0 Å². The van der Waals surface area contributed by atoms with Gasteiger partial charge in [0.25, 0.3) is 0 Å². The van der Waals surface area contributed by atoms with Gasteiger partial charge in [0.05, 0.1) is 11.3 Å². The number of alkyl halides is 3. The Balaban J connectivity index is 1.81. The van der Waals surface area contributed by atoms with Crippen molar-refractivity contribution in [3.05, 3.63) is 46.5 Å². The maximum atomic E-state index is 12.6. The number of halogens is 3. The molecule has 3 rings (SSSR count). The molecule has 1 aromatic heterocycles. The van der Waals surface area contributed by atoms with E-state index in [0.29, 0.717) is 37.2 Å². The average Bonchev–Trinajstić information content (AvgIpc) is 2.96. The Labute approximate surface area is 135 Å². The minimum absolute atomic E-state index is 0.0202. The highest BCUT2D eigenvalue weighted by molar-refractivity contribution is 5.58. The van der Waals surface area contributed by atoms with Crippen molar-refractivity contribution in [1.82, 2.24) is 14.5 Å². The third-order valence-electron chi connectivity index (χ3n) is 4.31. The molecule has 0 bridgehead atoms. The molecule has 1 fully saturated rings. The van der Waals surface area contributed by atoms with E-state index in [0.717, 1.165) is 18.5 Å². The summed E-state index contributed by atoms with van der Waals surface area (Å²) in [5.74, 6) is 0. The molecule has 1 aromatic carbocycles. The lowest BCUT2D eigenvalue weighted by Crippen LogP contribution is -2.35. The second-order valence-corrected chi connectivity index (χ2v) is 5.83. The van der Waals surface area contributed by atoms with E-state index in [2.05, 4.69) is 4.98 Å². The number of hydrogen-bond donors (Lipinski definition) is 1. The van der Waals surface area contributed by atoms with Gasteiger partial charge in [0.2, 0.25) is 6.41 Å². The lowest BCUT2D eigenvalue weighted by Gasteiger charge is -2.29. The quantitative estimate of drug-likeness (QED) is 0.874. The van der Waals surface area contributed by atoms with Crippen LogP contribution < -0.4 is 5.69 Å². The van der Waals surface area contributed by atoms with Gasteiger partial charge in [-0.05, 0) is 30.5 Å². The van der Waals surface area contributed by atoms with Gasteiger partial charge < -0.3 is 9.88 Å². The predicted molar refractivity (Wildman–Crippen MR) is 81.4 cm³/mol. The fourth-order valence-electron chi connectivity index (χ4n) is 2.94. The molecule has 8 heteroatoms. The highest BCUT2D eigenvalue weighted by Crippen LogP contribution is 2.30. The van der Waals surface area contributed by atoms with E-state index in [-0.39, 0.29) is 11.7 Å². The second kappa shape index (κ2) is 6.18. The van der Waals surface area contributed by atoms with Crippen LogP contribution in [0.2, 0.25) is 0 Å². The summed E-state index contributed by atoms with van der Waals surface area (Å²) >= 11 is 0. The van der Waals surface area contributed by atoms with E-state index < -0.39 is 11.7 Å². The number of nitrogens with one attached hydrogen (secondary N) is 1. The third-order valence-corrected chi connectivity index (χ3v) is 4.31. The van der Waals surface area contributed by atoms with Crippen LogP contribution >= 0.6 is 0 Å². The van der Waals surface area contributed by atoms with E-state index >= 15 is 0 Å². The lowest BCUT2D eigenvalue weighted by molar-refractivity contribution is -0.137. The van der Waals surface area contributed by atoms with Crippen molar-refractivity contribution in [2.75, 3.05) is 13.1 Å². The molecule has 1 saturated heterocycles. The van der Waals surface area contributed by atoms with Crippen LogP contribution in [0.5, 0.6) is 0 Å². The van der Waals surface area contributed by atoms with Crippen molar-refractivity contribution >= 4 is 6.41 Å². The number of rotatable bonds is 3. The van der Waals surface area contributed by atoms with Crippen molar-refractivity contribution in [3.63, 3.8) is 0 Å². The normalized spacial score (nSPS) is 16.4. The van der Waals surface area contributed by atoms with Gasteiger partial charge in [-0.25, -0.2) is 4.79 Å². The Bertz CT molecular complexity index is 769. The molecule has 128 valence electrons. The van der Waals surface area contributed by atoms with Crippen molar-refractivity contribution in [1.29, 1.82) is 0 Å². The van der Waals surface area contributed by atoms with Crippen LogP contribution in [0.1, 0.15) is 24.4 Å². The molecule has 1 aliphatic rings. The minimum atomic E-state index is -4.38. The highest BCUT2D eigenvalue weighted by Gasteiger charge is 2.30. The number of carbonyl (C=O) groups excluding carboxylic acids is 1. The van der Waals surface area contributed by atoms with E-state index in [1.54, 1.807) is 15.7 Å². The van der Waals surface area contributed by atoms with Gasteiger partial charge in [-0.2, -0.15) is 13.2 Å². The summed E-state index contributed by atoms with van der Waals surface area (Å²) in [7, 11) is 0. The largest absolute Gasteiger partial charge is 0.416 e. The second-order valence-electron chi connectivity index (χ2n) is 5.83. The summed E-state index contributed by atoms with van der Waals surface area (Å²) in [6, 6.07) is 4.65. The predicted octanol–water partition coefficient (Wildman–Crippen LogP) is 2.66. The number of hydrogen-bond acceptors (Lipinski definition) is 2. The number of aromatic nitrogens is 2. The standard InChI is InChI=1S/C16H16F3N3O2/c17-16(18,19)12-3-1-11(2-4-12)14-9-22(15(24)20-14)13-5-7-21(10-23)8-6-13/h1-4,9-10,13H,5-8H2,(H,20,24). The van der Waals surface area contributed by atoms with Gasteiger partial charge in [0.1, 0.15) is 0 Å². The van der Waals surface area contributed by atoms with Gasteiger partial charge in [-0.1, -0.05) is 12.1 Å². The highest BCUT2D eigenvalue weighted by atomic mass is 19.4. The summed E-state index contributed by atoms with van der Waals surface area (Å²) in [6.07, 6.45) is -0.619. The summed E-state index contributed by atoms with van der Waals surface area (Å²) in [5.41, 5.74) is -0.0283. The number of piperidine rings is 1. The first kappa shape index (κ1) is 16.4. The molecular weight excluding hydrogens is 323 g/mol. The van der Waals surface area contributed by atoms with E-state index in [9.17, 15) is 22.8 Å². The Kier molecular flexibility index (Phi) is 4.21. The molecule has 0 spiro atoms. The van der Waals surface area contributed by atoms with Gasteiger partial charge in [0.15, 0.2) is 0 Å². The molecule has 0 radical (unpaired) electrons. The molecule has 1 N–H and O–H groups in total. The Hall–Kier alpha value is -2.51. The summed E-state index contributed by atoms with van der Waals surface area (Å²) in [5, 5.41) is 0. The number of nitrogens with zero attached hydrogens (tertiary/aromatic N) is 2. The Morgan fingerprint density at radius 1 is 1.12 bits per heavy atom. The minimum Gasteiger partial charge on any atom is -0.345 e. The Morgan fingerprint density at radius 3 is 2.29 bits per heavy atom. The molecule has 5 nitrogen and oxygen atoms in total. The van der Waals surface area contributed by atoms with Gasteiger partial charge in [-0.15, -0.1) is 0 Å². The number of likely N-dealkylation sites (tertiary alicyclic amines) is 1. The van der Waals surface area contributed by atoms with Gasteiger partial charge in [-0.3, -0.25) is 9.36 Å². The topological polar surface area (TPSA) is 58.1 Å². The van der Waals surface area contributed by atoms with Crippen LogP contribution in [-0.2, 0) is 11.0 Å². The molecule has 0 atom stereocenters. The maximum Gasteiger partial charge on any atom is 0.416 e. The zero-order valence-corrected chi connectivity index (χ0v) is 12.7. The first-order valence-electron chi connectivity index (χ1n) is 7.56. The Morgan fingerprint density at radius 2 is 1.75 bits per heavy atom. The first-order chi connectivity index (χ1) is 11.4. The molecule has 24 heavy (non-hydrogen) atoms. The number of amides is 1. The van der Waals surface area contributed by atoms with Crippen molar-refractivity contribution < 1.29 is 18.0 Å². The lowest BCUT2D eigenvalue weighted by atomic mass is 10.1. The number of benzene rings is 1. The summed E-state index contributed by atoms with van der Waals surface area (Å²) in [4.78, 5) is 27.2. The SMILES string of the molecule is O=CN1CCC(n2cc(-c3ccc(C(F)(F)F)cc3)[nH]c2=O)CC1. The van der Waals surface area contributed by atoms with Crippen LogP contribution in [0.15, 0.2) is 35.3 Å². The van der Waals surface area contributed by atoms with Gasteiger partial charge in [0, 0.05) is 25.3 Å². The molecule has 0 aliphatic carbocycles. The summed E-state index contributed by atoms with van der Waals surface area (Å²) in [6.45, 7) is 1.17. The van der Waals surface area contributed by atoms with E-state index in [1.807, 2.05) is 0 Å². The molecular formula is C16H16F3N3O2. The van der Waals surface area contributed by atoms with E-state index in [4.69, 9.17) is 0 Å². The zero-order valence-electron chi connectivity index (χ0n) is 12.7. The molecule has 2 heterocycles. The third kappa shape index (κ3) is 3.22. The molecule has 0 unspecified atom stereocenters. The van der Waals surface area contributed by atoms with Crippen molar-refractivity contribution in [2.24, 2.45) is 0 Å². The van der Waals surface area contributed by atoms with Crippen molar-refractivity contribution in [2.45, 2.75) is 25.1 Å². The molecule has 1 aliphatic heterocycles. The first-order valence-corrected chi connectivity index (χ1v) is 7.56. The number of aromatic amines is 1. The van der Waals surface area contributed by atoms with E-state index in [1.165, 1.54) is 12.1 Å². The number of carbonyl (C=O) groups is 1. The van der Waals surface area contributed by atoms with Crippen molar-refractivity contribution in [3.8, 4) is 11.3 Å². The zero-order chi connectivity index (χ0) is 17.3. The van der Waals surface area contributed by atoms with Crippen LogP contribution in [-0.4, -0.2) is 34.0 Å². The molecule has 1 amide bonds. The molecule has 0 saturated carbocycles. The fraction of sp³-hybridized carbons (Fsp3) is 0.375. The van der Waals surface area contributed by atoms with Gasteiger partial charge >= 0.3 is 11.9 Å². The molecule has 2 aromatic rings. The monoisotopic (exact) mass is 339 g/mol. The number of imidazole rings is 1. The van der Waals surface area contributed by atoms with Crippen LogP contribution in [0, 0.1) is 0 Å². The van der Waals surface area contributed by atoms with Crippen LogP contribution in [0.25, 0.3) is 11.3 Å². The maximum absolute atomic E-state index is 12.6. The number of H-pyrrole nitrogens is 1.